The number of nitrogens with one attached hydrogen (secondary N) is 2. The molecular weight excluding hydrogens is 301 g/mol. The number of urea groups is 1. The Bertz CT molecular complexity index is 683. The molecule has 3 rings (SSSR count). The number of carbonyl (C=O) groups excluding carboxylic acids is 3. The molecule has 0 atom stereocenters. The average molecular weight is 319 g/mol. The molecule has 1 saturated heterocycles. The molecule has 6 nitrogen and oxygen atoms in total. The predicted molar refractivity (Wildman–Crippen MR) is 81.2 cm³/mol. The number of aryl methyl sites for hydroxylation is 1. The third-order valence-electron chi connectivity index (χ3n) is 4.48. The highest BCUT2D eigenvalue weighted by Gasteiger charge is 2.52. The molecular formula is C16H18FN3O3. The summed E-state index contributed by atoms with van der Waals surface area (Å²) in [7, 11) is 0. The number of halogens is 1. The maximum atomic E-state index is 13.2. The van der Waals surface area contributed by atoms with Crippen molar-refractivity contribution in [2.75, 3.05) is 11.9 Å². The lowest BCUT2D eigenvalue weighted by Crippen LogP contribution is -2.44. The smallest absolute Gasteiger partial charge is 0.324 e. The first-order valence-corrected chi connectivity index (χ1v) is 7.61. The molecule has 1 aliphatic heterocycles. The number of benzene rings is 1. The number of rotatable bonds is 3. The number of carbonyl (C=O) groups is 3. The minimum atomic E-state index is -0.827. The molecule has 7 heteroatoms. The van der Waals surface area contributed by atoms with Gasteiger partial charge in [0.05, 0.1) is 0 Å². The van der Waals surface area contributed by atoms with Crippen LogP contribution in [0.3, 0.4) is 0 Å². The number of hydrogen-bond donors (Lipinski definition) is 2. The summed E-state index contributed by atoms with van der Waals surface area (Å²) < 4.78 is 13.2. The molecule has 0 bridgehead atoms. The van der Waals surface area contributed by atoms with Crippen molar-refractivity contribution in [1.82, 2.24) is 10.2 Å². The van der Waals surface area contributed by atoms with Gasteiger partial charge in [0.15, 0.2) is 0 Å². The van der Waals surface area contributed by atoms with E-state index in [1.807, 2.05) is 0 Å². The van der Waals surface area contributed by atoms with Gasteiger partial charge in [-0.2, -0.15) is 0 Å². The molecule has 1 spiro atoms. The third kappa shape index (κ3) is 2.78. The average Bonchev–Trinajstić information content (AvgIpc) is 3.05. The molecule has 2 fully saturated rings. The monoisotopic (exact) mass is 319 g/mol. The van der Waals surface area contributed by atoms with Crippen LogP contribution >= 0.6 is 0 Å². The SMILES string of the molecule is Cc1ccc(F)cc1NC(=O)CN1C(=O)NC2(CCCC2)C1=O. The first kappa shape index (κ1) is 15.5. The zero-order valence-corrected chi connectivity index (χ0v) is 12.8. The van der Waals surface area contributed by atoms with Gasteiger partial charge in [-0.3, -0.25) is 14.5 Å². The second kappa shape index (κ2) is 5.64. The van der Waals surface area contributed by atoms with Gasteiger partial charge in [0.25, 0.3) is 5.91 Å². The van der Waals surface area contributed by atoms with Gasteiger partial charge < -0.3 is 10.6 Å². The van der Waals surface area contributed by atoms with E-state index in [1.165, 1.54) is 12.1 Å². The maximum absolute atomic E-state index is 13.2. The highest BCUT2D eigenvalue weighted by atomic mass is 19.1. The van der Waals surface area contributed by atoms with Gasteiger partial charge >= 0.3 is 6.03 Å². The fraction of sp³-hybridized carbons (Fsp3) is 0.438. The Kier molecular flexibility index (Phi) is 3.79. The number of amides is 4. The first-order chi connectivity index (χ1) is 10.9. The molecule has 122 valence electrons. The van der Waals surface area contributed by atoms with Crippen molar-refractivity contribution in [1.29, 1.82) is 0 Å². The van der Waals surface area contributed by atoms with Crippen LogP contribution in [0.4, 0.5) is 14.9 Å². The van der Waals surface area contributed by atoms with Crippen molar-refractivity contribution in [2.45, 2.75) is 38.1 Å². The van der Waals surface area contributed by atoms with Crippen LogP contribution in [0.15, 0.2) is 18.2 Å². The van der Waals surface area contributed by atoms with Crippen LogP contribution in [0.5, 0.6) is 0 Å². The third-order valence-corrected chi connectivity index (χ3v) is 4.48. The number of nitrogens with zero attached hydrogens (tertiary/aromatic N) is 1. The zero-order chi connectivity index (χ0) is 16.6. The standard InChI is InChI=1S/C16H18FN3O3/c1-10-4-5-11(17)8-12(10)18-13(21)9-20-14(22)16(19-15(20)23)6-2-3-7-16/h4-5,8H,2-3,6-7,9H2,1H3,(H,18,21)(H,19,23). The molecule has 0 unspecified atom stereocenters. The fourth-order valence-corrected chi connectivity index (χ4v) is 3.20. The molecule has 1 heterocycles. The molecule has 1 saturated carbocycles. The lowest BCUT2D eigenvalue weighted by Gasteiger charge is -2.19. The van der Waals surface area contributed by atoms with Crippen LogP contribution in [-0.2, 0) is 9.59 Å². The van der Waals surface area contributed by atoms with E-state index in [-0.39, 0.29) is 12.5 Å². The second-order valence-corrected chi connectivity index (χ2v) is 6.12. The van der Waals surface area contributed by atoms with Gasteiger partial charge in [0, 0.05) is 5.69 Å². The van der Waals surface area contributed by atoms with Gasteiger partial charge in [-0.25, -0.2) is 9.18 Å². The van der Waals surface area contributed by atoms with E-state index in [2.05, 4.69) is 10.6 Å². The summed E-state index contributed by atoms with van der Waals surface area (Å²) >= 11 is 0. The first-order valence-electron chi connectivity index (χ1n) is 7.61. The highest BCUT2D eigenvalue weighted by Crippen LogP contribution is 2.34. The molecule has 1 aromatic carbocycles. The summed E-state index contributed by atoms with van der Waals surface area (Å²) in [6.45, 7) is 1.36. The van der Waals surface area contributed by atoms with Gasteiger partial charge in [0.2, 0.25) is 5.91 Å². The fourth-order valence-electron chi connectivity index (χ4n) is 3.20. The lowest BCUT2D eigenvalue weighted by atomic mass is 9.98. The van der Waals surface area contributed by atoms with Crippen LogP contribution in [0.1, 0.15) is 31.2 Å². The Hall–Kier alpha value is -2.44. The van der Waals surface area contributed by atoms with E-state index in [9.17, 15) is 18.8 Å². The van der Waals surface area contributed by atoms with Crippen molar-refractivity contribution in [3.63, 3.8) is 0 Å². The van der Waals surface area contributed by atoms with Gasteiger partial charge in [-0.1, -0.05) is 18.9 Å². The molecule has 1 aromatic rings. The van der Waals surface area contributed by atoms with Crippen molar-refractivity contribution < 1.29 is 18.8 Å². The van der Waals surface area contributed by atoms with Gasteiger partial charge in [0.1, 0.15) is 17.9 Å². The summed E-state index contributed by atoms with van der Waals surface area (Å²) in [5.74, 6) is -1.34. The van der Waals surface area contributed by atoms with E-state index in [0.717, 1.165) is 17.7 Å². The molecule has 2 N–H and O–H groups in total. The van der Waals surface area contributed by atoms with Crippen LogP contribution in [-0.4, -0.2) is 34.8 Å². The molecule has 4 amide bonds. The largest absolute Gasteiger partial charge is 0.325 e. The van der Waals surface area contributed by atoms with E-state index < -0.39 is 23.3 Å². The van der Waals surface area contributed by atoms with Gasteiger partial charge in [-0.15, -0.1) is 0 Å². The Labute approximate surface area is 133 Å². The predicted octanol–water partition coefficient (Wildman–Crippen LogP) is 1.94. The van der Waals surface area contributed by atoms with E-state index >= 15 is 0 Å². The molecule has 2 aliphatic rings. The Morgan fingerprint density at radius 2 is 2.04 bits per heavy atom. The molecule has 23 heavy (non-hydrogen) atoms. The number of anilines is 1. The summed E-state index contributed by atoms with van der Waals surface area (Å²) in [6, 6.07) is 3.51. The Morgan fingerprint density at radius 1 is 1.35 bits per heavy atom. The van der Waals surface area contributed by atoms with Crippen molar-refractivity contribution in [2.24, 2.45) is 0 Å². The van der Waals surface area contributed by atoms with Crippen molar-refractivity contribution >= 4 is 23.5 Å². The molecule has 1 aliphatic carbocycles. The van der Waals surface area contributed by atoms with Gasteiger partial charge in [-0.05, 0) is 37.5 Å². The van der Waals surface area contributed by atoms with E-state index in [4.69, 9.17) is 0 Å². The van der Waals surface area contributed by atoms with Crippen LogP contribution in [0.2, 0.25) is 0 Å². The Morgan fingerprint density at radius 3 is 2.74 bits per heavy atom. The molecule has 0 radical (unpaired) electrons. The van der Waals surface area contributed by atoms with Crippen molar-refractivity contribution in [3.8, 4) is 0 Å². The maximum Gasteiger partial charge on any atom is 0.325 e. The summed E-state index contributed by atoms with van der Waals surface area (Å²) in [5, 5.41) is 5.26. The van der Waals surface area contributed by atoms with Crippen molar-refractivity contribution in [3.05, 3.63) is 29.6 Å². The summed E-state index contributed by atoms with van der Waals surface area (Å²) in [5.41, 5.74) is 0.202. The lowest BCUT2D eigenvalue weighted by molar-refractivity contribution is -0.133. The molecule has 0 aromatic heterocycles. The quantitative estimate of drug-likeness (QED) is 0.836. The zero-order valence-electron chi connectivity index (χ0n) is 12.8. The minimum absolute atomic E-state index is 0.331. The summed E-state index contributed by atoms with van der Waals surface area (Å²) in [4.78, 5) is 37.5. The normalized spacial score (nSPS) is 19.3. The van der Waals surface area contributed by atoms with Crippen LogP contribution in [0, 0.1) is 12.7 Å². The van der Waals surface area contributed by atoms with E-state index in [1.54, 1.807) is 13.0 Å². The number of hydrogen-bond acceptors (Lipinski definition) is 3. The van der Waals surface area contributed by atoms with E-state index in [0.29, 0.717) is 24.1 Å². The van der Waals surface area contributed by atoms with Crippen LogP contribution in [0.25, 0.3) is 0 Å². The minimum Gasteiger partial charge on any atom is -0.324 e. The summed E-state index contributed by atoms with van der Waals surface area (Å²) in [6.07, 6.45) is 2.99. The van der Waals surface area contributed by atoms with Crippen LogP contribution < -0.4 is 10.6 Å². The topological polar surface area (TPSA) is 78.5 Å². The second-order valence-electron chi connectivity index (χ2n) is 6.12. The highest BCUT2D eigenvalue weighted by molar-refractivity contribution is 6.10. The Balaban J connectivity index is 1.69. The number of imide groups is 1.